The van der Waals surface area contributed by atoms with Gasteiger partial charge < -0.3 is 0 Å². The van der Waals surface area contributed by atoms with E-state index in [2.05, 4.69) is 0 Å². The first-order chi connectivity index (χ1) is 5.95. The van der Waals surface area contributed by atoms with Gasteiger partial charge in [-0.15, -0.1) is 11.6 Å². The summed E-state index contributed by atoms with van der Waals surface area (Å²) in [5.74, 6) is 0.226. The second-order valence-corrected chi connectivity index (χ2v) is 5.27. The quantitative estimate of drug-likeness (QED) is 0.713. The second-order valence-electron chi connectivity index (χ2n) is 3.02. The van der Waals surface area contributed by atoms with E-state index < -0.39 is 9.84 Å². The average molecular weight is 219 g/mol. The Labute approximate surface area is 83.5 Å². The van der Waals surface area contributed by atoms with Crippen molar-refractivity contribution in [2.24, 2.45) is 0 Å². The summed E-state index contributed by atoms with van der Waals surface area (Å²) in [6.07, 6.45) is 1.19. The molecule has 0 fully saturated rings. The Balaban J connectivity index is 3.39. The summed E-state index contributed by atoms with van der Waals surface area (Å²) in [7, 11) is -3.15. The van der Waals surface area contributed by atoms with Crippen LogP contribution in [0.4, 0.5) is 0 Å². The van der Waals surface area contributed by atoms with Crippen molar-refractivity contribution in [3.8, 4) is 0 Å². The lowest BCUT2D eigenvalue weighted by molar-refractivity contribution is 0.601. The number of halogens is 1. The van der Waals surface area contributed by atoms with Crippen LogP contribution in [-0.4, -0.2) is 14.7 Å². The van der Waals surface area contributed by atoms with E-state index in [0.29, 0.717) is 10.5 Å². The number of hydrogen-bond acceptors (Lipinski definition) is 2. The van der Waals surface area contributed by atoms with Gasteiger partial charge in [0.25, 0.3) is 0 Å². The van der Waals surface area contributed by atoms with Gasteiger partial charge in [-0.3, -0.25) is 0 Å². The molecule has 0 saturated heterocycles. The normalized spacial score (nSPS) is 11.6. The van der Waals surface area contributed by atoms with Crippen LogP contribution < -0.4 is 0 Å². The highest BCUT2D eigenvalue weighted by Crippen LogP contribution is 2.18. The summed E-state index contributed by atoms with van der Waals surface area (Å²) in [4.78, 5) is 0.327. The van der Waals surface area contributed by atoms with Crippen LogP contribution >= 0.6 is 11.6 Å². The van der Waals surface area contributed by atoms with Gasteiger partial charge in [0, 0.05) is 12.1 Å². The van der Waals surface area contributed by atoms with E-state index in [-0.39, 0.29) is 5.88 Å². The third kappa shape index (κ3) is 2.45. The van der Waals surface area contributed by atoms with Crippen molar-refractivity contribution >= 4 is 21.4 Å². The van der Waals surface area contributed by atoms with E-state index in [4.69, 9.17) is 11.6 Å². The van der Waals surface area contributed by atoms with Crippen LogP contribution in [-0.2, 0) is 15.7 Å². The van der Waals surface area contributed by atoms with Gasteiger partial charge in [-0.1, -0.05) is 17.7 Å². The maximum atomic E-state index is 11.3. The topological polar surface area (TPSA) is 34.1 Å². The Hall–Kier alpha value is -0.540. The SMILES string of the molecule is Cc1ccc(S(C)(=O)=O)c(CCl)c1. The van der Waals surface area contributed by atoms with Crippen LogP contribution in [0.15, 0.2) is 23.1 Å². The summed E-state index contributed by atoms with van der Waals surface area (Å²) in [5.41, 5.74) is 1.69. The molecule has 0 radical (unpaired) electrons. The highest BCUT2D eigenvalue weighted by molar-refractivity contribution is 7.90. The summed E-state index contributed by atoms with van der Waals surface area (Å²) >= 11 is 5.65. The maximum Gasteiger partial charge on any atom is 0.175 e. The average Bonchev–Trinajstić information content (AvgIpc) is 2.01. The molecular formula is C9H11ClO2S. The number of hydrogen-bond donors (Lipinski definition) is 0. The third-order valence-electron chi connectivity index (χ3n) is 1.76. The fraction of sp³-hybridized carbons (Fsp3) is 0.333. The molecule has 2 nitrogen and oxygen atoms in total. The first-order valence-electron chi connectivity index (χ1n) is 3.80. The summed E-state index contributed by atoms with van der Waals surface area (Å²) in [6.45, 7) is 1.90. The molecule has 1 aromatic carbocycles. The molecule has 0 spiro atoms. The van der Waals surface area contributed by atoms with Crippen molar-refractivity contribution in [3.63, 3.8) is 0 Å². The van der Waals surface area contributed by atoms with E-state index >= 15 is 0 Å². The third-order valence-corrected chi connectivity index (χ3v) is 3.24. The number of benzene rings is 1. The van der Waals surface area contributed by atoms with Crippen LogP contribution in [0.2, 0.25) is 0 Å². The van der Waals surface area contributed by atoms with Crippen molar-refractivity contribution in [2.45, 2.75) is 17.7 Å². The molecule has 0 heterocycles. The molecule has 1 rings (SSSR count). The number of rotatable bonds is 2. The lowest BCUT2D eigenvalue weighted by atomic mass is 10.2. The molecule has 0 unspecified atom stereocenters. The molecule has 72 valence electrons. The zero-order valence-corrected chi connectivity index (χ0v) is 9.11. The van der Waals surface area contributed by atoms with Crippen molar-refractivity contribution in [1.29, 1.82) is 0 Å². The first kappa shape index (κ1) is 10.5. The molecule has 0 aliphatic rings. The zero-order chi connectivity index (χ0) is 10.1. The van der Waals surface area contributed by atoms with Gasteiger partial charge in [-0.2, -0.15) is 0 Å². The molecule has 0 N–H and O–H groups in total. The van der Waals surface area contributed by atoms with Gasteiger partial charge in [0.2, 0.25) is 0 Å². The highest BCUT2D eigenvalue weighted by Gasteiger charge is 2.11. The van der Waals surface area contributed by atoms with Crippen LogP contribution in [0.5, 0.6) is 0 Å². The summed E-state index contributed by atoms with van der Waals surface area (Å²) < 4.78 is 22.5. The molecule has 0 amide bonds. The molecule has 1 aromatic rings. The molecule has 0 aliphatic carbocycles. The molecule has 0 aliphatic heterocycles. The van der Waals surface area contributed by atoms with E-state index in [1.807, 2.05) is 6.92 Å². The number of sulfone groups is 1. The molecule has 0 aromatic heterocycles. The van der Waals surface area contributed by atoms with Gasteiger partial charge in [0.15, 0.2) is 9.84 Å². The monoisotopic (exact) mass is 218 g/mol. The van der Waals surface area contributed by atoms with Crippen molar-refractivity contribution < 1.29 is 8.42 Å². The molecular weight excluding hydrogens is 208 g/mol. The minimum absolute atomic E-state index is 0.226. The minimum Gasteiger partial charge on any atom is -0.224 e. The van der Waals surface area contributed by atoms with Crippen molar-refractivity contribution in [2.75, 3.05) is 6.26 Å². The molecule has 4 heteroatoms. The Kier molecular flexibility index (Phi) is 2.98. The molecule has 0 atom stereocenters. The van der Waals surface area contributed by atoms with Gasteiger partial charge in [-0.05, 0) is 18.6 Å². The number of aryl methyl sites for hydroxylation is 1. The lowest BCUT2D eigenvalue weighted by Crippen LogP contribution is -2.01. The fourth-order valence-corrected chi connectivity index (χ4v) is 2.40. The molecule has 0 bridgehead atoms. The minimum atomic E-state index is -3.15. The van der Waals surface area contributed by atoms with E-state index in [1.165, 1.54) is 6.26 Å². The van der Waals surface area contributed by atoms with Gasteiger partial charge >= 0.3 is 0 Å². The Morgan fingerprint density at radius 3 is 2.46 bits per heavy atom. The van der Waals surface area contributed by atoms with Gasteiger partial charge in [-0.25, -0.2) is 8.42 Å². The standard InChI is InChI=1S/C9H11ClO2S/c1-7-3-4-9(13(2,11)12)8(5-7)6-10/h3-5H,6H2,1-2H3. The summed E-state index contributed by atoms with van der Waals surface area (Å²) in [6, 6.07) is 5.16. The zero-order valence-electron chi connectivity index (χ0n) is 7.54. The van der Waals surface area contributed by atoms with E-state index in [9.17, 15) is 8.42 Å². The van der Waals surface area contributed by atoms with Crippen molar-refractivity contribution in [3.05, 3.63) is 29.3 Å². The summed E-state index contributed by atoms with van der Waals surface area (Å²) in [5, 5.41) is 0. The Morgan fingerprint density at radius 2 is 2.00 bits per heavy atom. The first-order valence-corrected chi connectivity index (χ1v) is 6.23. The predicted molar refractivity (Wildman–Crippen MR) is 53.8 cm³/mol. The smallest absolute Gasteiger partial charge is 0.175 e. The predicted octanol–water partition coefficient (Wildman–Crippen LogP) is 2.14. The largest absolute Gasteiger partial charge is 0.224 e. The Bertz CT molecular complexity index is 410. The molecule has 13 heavy (non-hydrogen) atoms. The van der Waals surface area contributed by atoms with Crippen molar-refractivity contribution in [1.82, 2.24) is 0 Å². The number of alkyl halides is 1. The lowest BCUT2D eigenvalue weighted by Gasteiger charge is -2.05. The highest BCUT2D eigenvalue weighted by atomic mass is 35.5. The van der Waals surface area contributed by atoms with Crippen LogP contribution in [0.3, 0.4) is 0 Å². The van der Waals surface area contributed by atoms with E-state index in [0.717, 1.165) is 5.56 Å². The van der Waals surface area contributed by atoms with Gasteiger partial charge in [0.1, 0.15) is 0 Å². The Morgan fingerprint density at radius 1 is 1.38 bits per heavy atom. The fourth-order valence-electron chi connectivity index (χ4n) is 1.17. The maximum absolute atomic E-state index is 11.3. The van der Waals surface area contributed by atoms with Gasteiger partial charge in [0.05, 0.1) is 4.90 Å². The van der Waals surface area contributed by atoms with E-state index in [1.54, 1.807) is 18.2 Å². The van der Waals surface area contributed by atoms with Crippen LogP contribution in [0, 0.1) is 6.92 Å². The van der Waals surface area contributed by atoms with Crippen LogP contribution in [0.25, 0.3) is 0 Å². The second kappa shape index (κ2) is 3.68. The van der Waals surface area contributed by atoms with Crippen LogP contribution in [0.1, 0.15) is 11.1 Å². The molecule has 0 saturated carbocycles.